The monoisotopic (exact) mass is 476 g/mol. The minimum Gasteiger partial charge on any atom is -0.497 e. The van der Waals surface area contributed by atoms with Gasteiger partial charge in [0.05, 0.1) is 26.4 Å². The number of ether oxygens (including phenoxy) is 3. The van der Waals surface area contributed by atoms with Gasteiger partial charge in [0.25, 0.3) is 0 Å². The number of benzene rings is 2. The van der Waals surface area contributed by atoms with E-state index in [9.17, 15) is 9.50 Å². The predicted octanol–water partition coefficient (Wildman–Crippen LogP) is 3.26. The van der Waals surface area contributed by atoms with Crippen molar-refractivity contribution < 1.29 is 23.7 Å². The summed E-state index contributed by atoms with van der Waals surface area (Å²) in [6.45, 7) is 5.10. The molecule has 2 aromatic rings. The van der Waals surface area contributed by atoms with Crippen LogP contribution in [0.1, 0.15) is 0 Å². The molecule has 1 aliphatic heterocycles. The lowest BCUT2D eigenvalue weighted by Gasteiger charge is -2.36. The molecule has 0 spiro atoms. The van der Waals surface area contributed by atoms with Gasteiger partial charge in [0.2, 0.25) is 0 Å². The van der Waals surface area contributed by atoms with E-state index in [0.717, 1.165) is 43.4 Å². The van der Waals surface area contributed by atoms with Crippen molar-refractivity contribution in [2.45, 2.75) is 6.10 Å². The molecule has 1 unspecified atom stereocenters. The van der Waals surface area contributed by atoms with E-state index < -0.39 is 6.10 Å². The highest BCUT2D eigenvalue weighted by Crippen LogP contribution is 2.19. The van der Waals surface area contributed by atoms with Crippen LogP contribution in [0.2, 0.25) is 0 Å². The third-order valence-corrected chi connectivity index (χ3v) is 4.88. The van der Waals surface area contributed by atoms with Gasteiger partial charge in [-0.2, -0.15) is 0 Å². The van der Waals surface area contributed by atoms with Crippen molar-refractivity contribution in [3.05, 3.63) is 54.3 Å². The first-order valence-corrected chi connectivity index (χ1v) is 9.89. The molecular formula is C22H31Cl2FN2O4. The standard InChI is InChI=1S/C22H29FN2O4.2ClH/c1-27-21-3-2-4-22(15-21)29-14-13-28-17-20(26)16-24-9-11-25(12-10-24)19-7-5-18(23)6-8-19;;/h2-8,15,20,26H,9-14,16-17H2,1H3;2*1H. The van der Waals surface area contributed by atoms with Crippen LogP contribution in [0.3, 0.4) is 0 Å². The first kappa shape index (κ1) is 27.3. The summed E-state index contributed by atoms with van der Waals surface area (Å²) in [5.74, 6) is 1.26. The fourth-order valence-electron chi connectivity index (χ4n) is 3.32. The zero-order chi connectivity index (χ0) is 20.5. The molecule has 1 aliphatic rings. The number of rotatable bonds is 10. The summed E-state index contributed by atoms with van der Waals surface area (Å²) in [5, 5.41) is 10.2. The van der Waals surface area contributed by atoms with Gasteiger partial charge in [-0.25, -0.2) is 4.39 Å². The highest BCUT2D eigenvalue weighted by atomic mass is 35.5. The highest BCUT2D eigenvalue weighted by molar-refractivity contribution is 5.85. The molecule has 1 atom stereocenters. The summed E-state index contributed by atoms with van der Waals surface area (Å²) < 4.78 is 29.4. The molecule has 3 rings (SSSR count). The second-order valence-electron chi connectivity index (χ2n) is 7.02. The summed E-state index contributed by atoms with van der Waals surface area (Å²) in [6, 6.07) is 14.0. The second kappa shape index (κ2) is 14.3. The van der Waals surface area contributed by atoms with Gasteiger partial charge in [-0.1, -0.05) is 6.07 Å². The number of aliphatic hydroxyl groups is 1. The molecule has 1 saturated heterocycles. The van der Waals surface area contributed by atoms with Gasteiger partial charge in [-0.3, -0.25) is 4.90 Å². The Labute approximate surface area is 195 Å². The van der Waals surface area contributed by atoms with Crippen molar-refractivity contribution in [2.24, 2.45) is 0 Å². The summed E-state index contributed by atoms with van der Waals surface area (Å²) in [5.41, 5.74) is 1.03. The number of anilines is 1. The van der Waals surface area contributed by atoms with Crippen molar-refractivity contribution in [3.63, 3.8) is 0 Å². The Morgan fingerprint density at radius 1 is 0.968 bits per heavy atom. The van der Waals surface area contributed by atoms with E-state index in [1.54, 1.807) is 19.2 Å². The minimum atomic E-state index is -0.538. The fraction of sp³-hybridized carbons (Fsp3) is 0.455. The molecule has 174 valence electrons. The Balaban J connectivity index is 0.00000240. The van der Waals surface area contributed by atoms with E-state index in [-0.39, 0.29) is 37.2 Å². The van der Waals surface area contributed by atoms with E-state index >= 15 is 0 Å². The molecule has 0 aromatic heterocycles. The van der Waals surface area contributed by atoms with Gasteiger partial charge in [-0.05, 0) is 36.4 Å². The number of aliphatic hydroxyl groups excluding tert-OH is 1. The molecule has 0 saturated carbocycles. The first-order valence-electron chi connectivity index (χ1n) is 9.89. The van der Waals surface area contributed by atoms with Crippen molar-refractivity contribution in [3.8, 4) is 11.5 Å². The van der Waals surface area contributed by atoms with E-state index in [0.29, 0.717) is 19.8 Å². The number of methoxy groups -OCH3 is 1. The van der Waals surface area contributed by atoms with Crippen LogP contribution >= 0.6 is 24.8 Å². The third kappa shape index (κ3) is 9.09. The maximum atomic E-state index is 13.0. The van der Waals surface area contributed by atoms with E-state index in [1.807, 2.05) is 24.3 Å². The predicted molar refractivity (Wildman–Crippen MR) is 125 cm³/mol. The van der Waals surface area contributed by atoms with Crippen molar-refractivity contribution in [1.82, 2.24) is 4.90 Å². The average molecular weight is 477 g/mol. The summed E-state index contributed by atoms with van der Waals surface area (Å²) in [7, 11) is 1.62. The lowest BCUT2D eigenvalue weighted by molar-refractivity contribution is 0.00717. The van der Waals surface area contributed by atoms with Crippen molar-refractivity contribution >= 4 is 30.5 Å². The Hall–Kier alpha value is -1.77. The van der Waals surface area contributed by atoms with Crippen LogP contribution in [0.25, 0.3) is 0 Å². The smallest absolute Gasteiger partial charge is 0.123 e. The number of piperazine rings is 1. The second-order valence-corrected chi connectivity index (χ2v) is 7.02. The molecule has 6 nitrogen and oxygen atoms in total. The number of hydrogen-bond acceptors (Lipinski definition) is 6. The van der Waals surface area contributed by atoms with E-state index in [2.05, 4.69) is 9.80 Å². The van der Waals surface area contributed by atoms with Crippen LogP contribution in [-0.2, 0) is 4.74 Å². The zero-order valence-electron chi connectivity index (χ0n) is 17.6. The number of β-amino-alcohol motifs (C(OH)–C–C–N with tert-alkyl or cyclic N) is 1. The average Bonchev–Trinajstić information content (AvgIpc) is 2.75. The quantitative estimate of drug-likeness (QED) is 0.531. The van der Waals surface area contributed by atoms with Gasteiger partial charge in [0.15, 0.2) is 0 Å². The topological polar surface area (TPSA) is 54.4 Å². The molecular weight excluding hydrogens is 446 g/mol. The van der Waals surface area contributed by atoms with Gasteiger partial charge < -0.3 is 24.2 Å². The molecule has 1 fully saturated rings. The fourth-order valence-corrected chi connectivity index (χ4v) is 3.32. The maximum absolute atomic E-state index is 13.0. The summed E-state index contributed by atoms with van der Waals surface area (Å²) in [6.07, 6.45) is -0.538. The van der Waals surface area contributed by atoms with Crippen LogP contribution in [0.5, 0.6) is 11.5 Å². The molecule has 0 amide bonds. The normalized spacial score (nSPS) is 14.9. The van der Waals surface area contributed by atoms with Gasteiger partial charge in [0, 0.05) is 44.5 Å². The van der Waals surface area contributed by atoms with E-state index in [4.69, 9.17) is 14.2 Å². The Bertz CT molecular complexity index is 747. The van der Waals surface area contributed by atoms with Crippen LogP contribution < -0.4 is 14.4 Å². The summed E-state index contributed by atoms with van der Waals surface area (Å²) >= 11 is 0. The molecule has 0 radical (unpaired) electrons. The Morgan fingerprint density at radius 2 is 1.65 bits per heavy atom. The van der Waals surface area contributed by atoms with Crippen LogP contribution in [-0.4, -0.2) is 75.8 Å². The number of halogens is 3. The number of nitrogens with zero attached hydrogens (tertiary/aromatic N) is 2. The molecule has 31 heavy (non-hydrogen) atoms. The zero-order valence-corrected chi connectivity index (χ0v) is 19.2. The van der Waals surface area contributed by atoms with E-state index in [1.165, 1.54) is 12.1 Å². The van der Waals surface area contributed by atoms with Crippen LogP contribution in [0.4, 0.5) is 10.1 Å². The van der Waals surface area contributed by atoms with Crippen molar-refractivity contribution in [1.29, 1.82) is 0 Å². The maximum Gasteiger partial charge on any atom is 0.123 e. The largest absolute Gasteiger partial charge is 0.497 e. The molecule has 0 bridgehead atoms. The SMILES string of the molecule is COc1cccc(OCCOCC(O)CN2CCN(c3ccc(F)cc3)CC2)c1.Cl.Cl. The summed E-state index contributed by atoms with van der Waals surface area (Å²) in [4.78, 5) is 4.45. The lowest BCUT2D eigenvalue weighted by Crippen LogP contribution is -2.49. The number of hydrogen-bond donors (Lipinski definition) is 1. The molecule has 9 heteroatoms. The molecule has 1 N–H and O–H groups in total. The van der Waals surface area contributed by atoms with Gasteiger partial charge in [0.1, 0.15) is 23.9 Å². The first-order chi connectivity index (χ1) is 14.1. The van der Waals surface area contributed by atoms with Crippen LogP contribution in [0.15, 0.2) is 48.5 Å². The molecule has 1 heterocycles. The Morgan fingerprint density at radius 3 is 2.32 bits per heavy atom. The molecule has 2 aromatic carbocycles. The third-order valence-electron chi connectivity index (χ3n) is 4.88. The molecule has 0 aliphatic carbocycles. The van der Waals surface area contributed by atoms with Gasteiger partial charge in [-0.15, -0.1) is 24.8 Å². The van der Waals surface area contributed by atoms with Crippen LogP contribution in [0, 0.1) is 5.82 Å². The van der Waals surface area contributed by atoms with Gasteiger partial charge >= 0.3 is 0 Å². The van der Waals surface area contributed by atoms with Crippen molar-refractivity contribution in [2.75, 3.05) is 64.6 Å². The minimum absolute atomic E-state index is 0. The Kier molecular flexibility index (Phi) is 12.6. The highest BCUT2D eigenvalue weighted by Gasteiger charge is 2.19. The lowest BCUT2D eigenvalue weighted by atomic mass is 10.2.